The average Bonchev–Trinajstić information content (AvgIpc) is 2.41. The molecule has 0 heterocycles. The molecule has 19 heavy (non-hydrogen) atoms. The number of ether oxygens (including phenoxy) is 2. The highest BCUT2D eigenvalue weighted by Gasteiger charge is 2.37. The molecule has 1 fully saturated rings. The Morgan fingerprint density at radius 3 is 2.47 bits per heavy atom. The number of rotatable bonds is 8. The highest BCUT2D eigenvalue weighted by molar-refractivity contribution is 5.26. The fourth-order valence-electron chi connectivity index (χ4n) is 2.49. The number of hydrogen-bond donors (Lipinski definition) is 1. The van der Waals surface area contributed by atoms with E-state index in [9.17, 15) is 0 Å². The standard InChI is InChI=1S/C16H25NO2/c1-3-17-12-11-16(9-4-10-16)19-13-14-5-7-15(18-2)8-6-14/h5-8,17H,3-4,9-13H2,1-2H3. The molecule has 1 N–H and O–H groups in total. The van der Waals surface area contributed by atoms with Crippen molar-refractivity contribution < 1.29 is 9.47 Å². The SMILES string of the molecule is CCNCCC1(OCc2ccc(OC)cc2)CCC1. The summed E-state index contributed by atoms with van der Waals surface area (Å²) in [6.45, 7) is 4.94. The van der Waals surface area contributed by atoms with Crippen molar-refractivity contribution in [3.05, 3.63) is 29.8 Å². The van der Waals surface area contributed by atoms with Crippen LogP contribution in [0.1, 0.15) is 38.2 Å². The van der Waals surface area contributed by atoms with Crippen LogP contribution in [0, 0.1) is 0 Å². The van der Waals surface area contributed by atoms with Gasteiger partial charge >= 0.3 is 0 Å². The van der Waals surface area contributed by atoms with Crippen LogP contribution in [-0.2, 0) is 11.3 Å². The first-order valence-corrected chi connectivity index (χ1v) is 7.25. The van der Waals surface area contributed by atoms with E-state index >= 15 is 0 Å². The summed E-state index contributed by atoms with van der Waals surface area (Å²) in [4.78, 5) is 0. The van der Waals surface area contributed by atoms with Crippen molar-refractivity contribution in [1.82, 2.24) is 5.32 Å². The summed E-state index contributed by atoms with van der Waals surface area (Å²) < 4.78 is 11.4. The monoisotopic (exact) mass is 263 g/mol. The van der Waals surface area contributed by atoms with Crippen molar-refractivity contribution in [1.29, 1.82) is 0 Å². The van der Waals surface area contributed by atoms with Gasteiger partial charge in [-0.05, 0) is 56.5 Å². The van der Waals surface area contributed by atoms with Crippen LogP contribution in [0.15, 0.2) is 24.3 Å². The van der Waals surface area contributed by atoms with Gasteiger partial charge in [-0.1, -0.05) is 19.1 Å². The summed E-state index contributed by atoms with van der Waals surface area (Å²) in [6.07, 6.45) is 4.83. The Balaban J connectivity index is 1.81. The van der Waals surface area contributed by atoms with Crippen molar-refractivity contribution in [2.75, 3.05) is 20.2 Å². The van der Waals surface area contributed by atoms with E-state index in [4.69, 9.17) is 9.47 Å². The lowest BCUT2D eigenvalue weighted by Gasteiger charge is -2.42. The molecule has 0 amide bonds. The van der Waals surface area contributed by atoms with Crippen LogP contribution < -0.4 is 10.1 Å². The number of methoxy groups -OCH3 is 1. The molecule has 2 rings (SSSR count). The Morgan fingerprint density at radius 1 is 1.21 bits per heavy atom. The molecule has 3 nitrogen and oxygen atoms in total. The van der Waals surface area contributed by atoms with Gasteiger partial charge in [-0.3, -0.25) is 0 Å². The van der Waals surface area contributed by atoms with Crippen LogP contribution in [-0.4, -0.2) is 25.8 Å². The van der Waals surface area contributed by atoms with Crippen LogP contribution in [0.4, 0.5) is 0 Å². The minimum Gasteiger partial charge on any atom is -0.497 e. The first-order chi connectivity index (χ1) is 9.28. The zero-order chi connectivity index (χ0) is 13.6. The zero-order valence-corrected chi connectivity index (χ0v) is 12.1. The maximum Gasteiger partial charge on any atom is 0.118 e. The molecule has 0 unspecified atom stereocenters. The largest absolute Gasteiger partial charge is 0.497 e. The molecule has 1 aliphatic rings. The van der Waals surface area contributed by atoms with Gasteiger partial charge in [-0.25, -0.2) is 0 Å². The van der Waals surface area contributed by atoms with Gasteiger partial charge in [-0.2, -0.15) is 0 Å². The summed E-state index contributed by atoms with van der Waals surface area (Å²) in [5.74, 6) is 0.897. The van der Waals surface area contributed by atoms with Gasteiger partial charge in [0.05, 0.1) is 19.3 Å². The zero-order valence-electron chi connectivity index (χ0n) is 12.1. The quantitative estimate of drug-likeness (QED) is 0.731. The molecule has 0 bridgehead atoms. The van der Waals surface area contributed by atoms with Gasteiger partial charge in [0.25, 0.3) is 0 Å². The third kappa shape index (κ3) is 3.95. The topological polar surface area (TPSA) is 30.5 Å². The molecule has 106 valence electrons. The van der Waals surface area contributed by atoms with E-state index < -0.39 is 0 Å². The van der Waals surface area contributed by atoms with E-state index in [2.05, 4.69) is 24.4 Å². The number of nitrogens with one attached hydrogen (secondary N) is 1. The summed E-state index contributed by atoms with van der Waals surface area (Å²) in [5.41, 5.74) is 1.35. The smallest absolute Gasteiger partial charge is 0.118 e. The average molecular weight is 263 g/mol. The number of benzene rings is 1. The Morgan fingerprint density at radius 2 is 1.95 bits per heavy atom. The van der Waals surface area contributed by atoms with Crippen LogP contribution in [0.2, 0.25) is 0 Å². The van der Waals surface area contributed by atoms with Gasteiger partial charge in [-0.15, -0.1) is 0 Å². The fraction of sp³-hybridized carbons (Fsp3) is 0.625. The van der Waals surface area contributed by atoms with Gasteiger partial charge in [0, 0.05) is 0 Å². The van der Waals surface area contributed by atoms with Gasteiger partial charge < -0.3 is 14.8 Å². The van der Waals surface area contributed by atoms with Crippen molar-refractivity contribution in [2.24, 2.45) is 0 Å². The molecule has 0 saturated heterocycles. The van der Waals surface area contributed by atoms with E-state index in [0.29, 0.717) is 6.61 Å². The minimum absolute atomic E-state index is 0.127. The summed E-state index contributed by atoms with van der Waals surface area (Å²) >= 11 is 0. The van der Waals surface area contributed by atoms with Gasteiger partial charge in [0.15, 0.2) is 0 Å². The predicted octanol–water partition coefficient (Wildman–Crippen LogP) is 3.13. The van der Waals surface area contributed by atoms with Crippen LogP contribution >= 0.6 is 0 Å². The normalized spacial score (nSPS) is 16.9. The minimum atomic E-state index is 0.127. The van der Waals surface area contributed by atoms with E-state index in [1.165, 1.54) is 24.8 Å². The second kappa shape index (κ2) is 6.92. The Labute approximate surface area is 116 Å². The van der Waals surface area contributed by atoms with Gasteiger partial charge in [0.2, 0.25) is 0 Å². The van der Waals surface area contributed by atoms with Crippen molar-refractivity contribution >= 4 is 0 Å². The van der Waals surface area contributed by atoms with Crippen molar-refractivity contribution in [2.45, 2.75) is 44.8 Å². The third-order valence-corrected chi connectivity index (χ3v) is 3.98. The third-order valence-electron chi connectivity index (χ3n) is 3.98. The second-order valence-corrected chi connectivity index (χ2v) is 5.28. The molecule has 0 atom stereocenters. The lowest BCUT2D eigenvalue weighted by molar-refractivity contribution is -0.113. The van der Waals surface area contributed by atoms with Crippen LogP contribution in [0.25, 0.3) is 0 Å². The molecule has 0 radical (unpaired) electrons. The molecular formula is C16H25NO2. The van der Waals surface area contributed by atoms with E-state index in [1.807, 2.05) is 12.1 Å². The molecule has 0 spiro atoms. The Hall–Kier alpha value is -1.06. The summed E-state index contributed by atoms with van der Waals surface area (Å²) in [7, 11) is 1.69. The lowest BCUT2D eigenvalue weighted by atomic mass is 9.77. The first-order valence-electron chi connectivity index (χ1n) is 7.25. The molecule has 1 aliphatic carbocycles. The van der Waals surface area contributed by atoms with Crippen LogP contribution in [0.5, 0.6) is 5.75 Å². The highest BCUT2D eigenvalue weighted by Crippen LogP contribution is 2.39. The Bertz CT molecular complexity index is 371. The van der Waals surface area contributed by atoms with Crippen molar-refractivity contribution in [3.8, 4) is 5.75 Å². The Kier molecular flexibility index (Phi) is 5.23. The second-order valence-electron chi connectivity index (χ2n) is 5.28. The summed E-state index contributed by atoms with van der Waals surface area (Å²) in [5, 5.41) is 3.39. The van der Waals surface area contributed by atoms with E-state index in [1.54, 1.807) is 7.11 Å². The maximum atomic E-state index is 6.19. The van der Waals surface area contributed by atoms with E-state index in [-0.39, 0.29) is 5.60 Å². The molecule has 0 aliphatic heterocycles. The predicted molar refractivity (Wildman–Crippen MR) is 77.5 cm³/mol. The lowest BCUT2D eigenvalue weighted by Crippen LogP contribution is -2.42. The molecule has 0 aromatic heterocycles. The van der Waals surface area contributed by atoms with Crippen molar-refractivity contribution in [3.63, 3.8) is 0 Å². The molecule has 1 saturated carbocycles. The van der Waals surface area contributed by atoms with Gasteiger partial charge in [0.1, 0.15) is 5.75 Å². The molecule has 3 heteroatoms. The highest BCUT2D eigenvalue weighted by atomic mass is 16.5. The summed E-state index contributed by atoms with van der Waals surface area (Å²) in [6, 6.07) is 8.14. The van der Waals surface area contributed by atoms with E-state index in [0.717, 1.165) is 25.3 Å². The van der Waals surface area contributed by atoms with Crippen LogP contribution in [0.3, 0.4) is 0 Å². The fourth-order valence-corrected chi connectivity index (χ4v) is 2.49. The number of hydrogen-bond acceptors (Lipinski definition) is 3. The molecule has 1 aromatic rings. The molecule has 1 aromatic carbocycles. The first kappa shape index (κ1) is 14.4. The molecular weight excluding hydrogens is 238 g/mol. The maximum absolute atomic E-state index is 6.19.